The molecule has 0 saturated heterocycles. The number of phenols is 1. The molecule has 20 heavy (non-hydrogen) atoms. The highest BCUT2D eigenvalue weighted by Crippen LogP contribution is 2.39. The number of hydrogen-bond donors (Lipinski definition) is 2. The number of hydrogen-bond acceptors (Lipinski definition) is 5. The number of rotatable bonds is 3. The van der Waals surface area contributed by atoms with Crippen LogP contribution < -0.4 is 10.1 Å². The third kappa shape index (κ3) is 2.27. The van der Waals surface area contributed by atoms with Gasteiger partial charge in [0.2, 0.25) is 0 Å². The molecular weight excluding hydrogens is 272 g/mol. The molecule has 1 aliphatic carbocycles. The molecule has 0 radical (unpaired) electrons. The number of aromatic hydroxyl groups is 1. The predicted octanol–water partition coefficient (Wildman–Crippen LogP) is 3.12. The zero-order chi connectivity index (χ0) is 14.1. The summed E-state index contributed by atoms with van der Waals surface area (Å²) in [6, 6.07) is 5.80. The molecular formula is C15H18N2O2S. The fourth-order valence-corrected chi connectivity index (χ4v) is 3.88. The maximum Gasteiger partial charge on any atom is 0.161 e. The third-order valence-electron chi connectivity index (χ3n) is 3.73. The number of benzene rings is 1. The van der Waals surface area contributed by atoms with Crippen molar-refractivity contribution in [2.45, 2.75) is 25.3 Å². The van der Waals surface area contributed by atoms with Crippen molar-refractivity contribution in [2.75, 3.05) is 14.2 Å². The van der Waals surface area contributed by atoms with E-state index in [-0.39, 0.29) is 5.75 Å². The van der Waals surface area contributed by atoms with Crippen molar-refractivity contribution < 1.29 is 9.84 Å². The number of nitrogens with zero attached hydrogens (tertiary/aromatic N) is 1. The van der Waals surface area contributed by atoms with Gasteiger partial charge in [-0.15, -0.1) is 11.3 Å². The first-order valence-corrected chi connectivity index (χ1v) is 7.59. The molecule has 106 valence electrons. The van der Waals surface area contributed by atoms with Crippen molar-refractivity contribution >= 4 is 11.3 Å². The van der Waals surface area contributed by atoms with Crippen molar-refractivity contribution in [1.29, 1.82) is 0 Å². The Morgan fingerprint density at radius 2 is 2.30 bits per heavy atom. The van der Waals surface area contributed by atoms with Gasteiger partial charge in [-0.2, -0.15) is 0 Å². The molecule has 1 aromatic heterocycles. The molecule has 1 heterocycles. The Hall–Kier alpha value is -1.59. The second-order valence-electron chi connectivity index (χ2n) is 4.95. The predicted molar refractivity (Wildman–Crippen MR) is 80.5 cm³/mol. The van der Waals surface area contributed by atoms with Crippen LogP contribution in [0.3, 0.4) is 0 Å². The van der Waals surface area contributed by atoms with E-state index in [0.29, 0.717) is 11.8 Å². The Bertz CT molecular complexity index is 624. The number of phenolic OH excluding ortho intramolecular Hbond substituents is 1. The van der Waals surface area contributed by atoms with Gasteiger partial charge in [0.15, 0.2) is 11.5 Å². The molecule has 2 aromatic rings. The molecule has 1 aliphatic rings. The van der Waals surface area contributed by atoms with Gasteiger partial charge >= 0.3 is 0 Å². The van der Waals surface area contributed by atoms with Crippen LogP contribution >= 0.6 is 11.3 Å². The first-order valence-electron chi connectivity index (χ1n) is 6.77. The van der Waals surface area contributed by atoms with Gasteiger partial charge < -0.3 is 15.2 Å². The number of nitrogens with one attached hydrogen (secondary N) is 1. The van der Waals surface area contributed by atoms with Crippen LogP contribution in [0.1, 0.15) is 29.5 Å². The van der Waals surface area contributed by atoms with Gasteiger partial charge in [-0.25, -0.2) is 4.98 Å². The van der Waals surface area contributed by atoms with E-state index in [9.17, 15) is 5.11 Å². The topological polar surface area (TPSA) is 54.4 Å². The van der Waals surface area contributed by atoms with E-state index in [1.54, 1.807) is 24.5 Å². The Morgan fingerprint density at radius 1 is 1.45 bits per heavy atom. The minimum absolute atomic E-state index is 0.158. The van der Waals surface area contributed by atoms with Crippen molar-refractivity contribution in [3.63, 3.8) is 0 Å². The second-order valence-corrected chi connectivity index (χ2v) is 5.98. The van der Waals surface area contributed by atoms with Gasteiger partial charge in [-0.05, 0) is 44.5 Å². The van der Waals surface area contributed by atoms with E-state index < -0.39 is 0 Å². The summed E-state index contributed by atoms with van der Waals surface area (Å²) in [7, 11) is 3.56. The fourth-order valence-electron chi connectivity index (χ4n) is 2.63. The first kappa shape index (κ1) is 13.4. The Balaban J connectivity index is 2.01. The van der Waals surface area contributed by atoms with Crippen LogP contribution in [0.5, 0.6) is 11.5 Å². The molecule has 0 spiro atoms. The van der Waals surface area contributed by atoms with E-state index in [1.165, 1.54) is 23.4 Å². The second kappa shape index (κ2) is 5.42. The van der Waals surface area contributed by atoms with Crippen molar-refractivity contribution in [2.24, 2.45) is 0 Å². The maximum atomic E-state index is 9.67. The highest BCUT2D eigenvalue weighted by Gasteiger charge is 2.23. The first-order chi connectivity index (χ1) is 9.72. The number of ether oxygens (including phenoxy) is 1. The fraction of sp³-hybridized carbons (Fsp3) is 0.400. The quantitative estimate of drug-likeness (QED) is 0.912. The maximum absolute atomic E-state index is 9.67. The van der Waals surface area contributed by atoms with E-state index >= 15 is 0 Å². The SMILES string of the molecule is CNC1CCCc2nc(-c3ccc(O)c(OC)c3)sc21. The van der Waals surface area contributed by atoms with Gasteiger partial charge in [0.05, 0.1) is 12.8 Å². The van der Waals surface area contributed by atoms with E-state index in [0.717, 1.165) is 17.0 Å². The Labute approximate surface area is 122 Å². The minimum Gasteiger partial charge on any atom is -0.504 e. The van der Waals surface area contributed by atoms with Crippen LogP contribution in [0.25, 0.3) is 10.6 Å². The lowest BCUT2D eigenvalue weighted by Crippen LogP contribution is -2.19. The summed E-state index contributed by atoms with van der Waals surface area (Å²) in [4.78, 5) is 6.11. The van der Waals surface area contributed by atoms with Gasteiger partial charge in [-0.3, -0.25) is 0 Å². The molecule has 1 atom stereocenters. The monoisotopic (exact) mass is 290 g/mol. The van der Waals surface area contributed by atoms with Crippen molar-refractivity contribution in [3.05, 3.63) is 28.8 Å². The lowest BCUT2D eigenvalue weighted by molar-refractivity contribution is 0.373. The average molecular weight is 290 g/mol. The van der Waals surface area contributed by atoms with Crippen LogP contribution in [0, 0.1) is 0 Å². The number of methoxy groups -OCH3 is 1. The summed E-state index contributed by atoms with van der Waals surface area (Å²) in [5.74, 6) is 0.645. The van der Waals surface area contributed by atoms with Gasteiger partial charge in [0, 0.05) is 16.5 Å². The minimum atomic E-state index is 0.158. The molecule has 0 bridgehead atoms. The number of fused-ring (bicyclic) bond motifs is 1. The molecule has 0 saturated carbocycles. The third-order valence-corrected chi connectivity index (χ3v) is 4.99. The molecule has 4 nitrogen and oxygen atoms in total. The van der Waals surface area contributed by atoms with Gasteiger partial charge in [0.1, 0.15) is 5.01 Å². The largest absolute Gasteiger partial charge is 0.504 e. The summed E-state index contributed by atoms with van der Waals surface area (Å²) in [5.41, 5.74) is 2.21. The molecule has 5 heteroatoms. The summed E-state index contributed by atoms with van der Waals surface area (Å²) in [6.45, 7) is 0. The number of aromatic nitrogens is 1. The molecule has 2 N–H and O–H groups in total. The molecule has 0 aliphatic heterocycles. The van der Waals surface area contributed by atoms with Crippen molar-refractivity contribution in [3.8, 4) is 22.1 Å². The normalized spacial score (nSPS) is 17.8. The van der Waals surface area contributed by atoms with E-state index in [2.05, 4.69) is 5.32 Å². The van der Waals surface area contributed by atoms with Gasteiger partial charge in [-0.1, -0.05) is 0 Å². The summed E-state index contributed by atoms with van der Waals surface area (Å²) < 4.78 is 5.17. The molecule has 0 fully saturated rings. The molecule has 1 aromatic carbocycles. The zero-order valence-electron chi connectivity index (χ0n) is 11.6. The zero-order valence-corrected chi connectivity index (χ0v) is 12.5. The van der Waals surface area contributed by atoms with E-state index in [1.807, 2.05) is 19.2 Å². The van der Waals surface area contributed by atoms with Crippen LogP contribution in [0.4, 0.5) is 0 Å². The Kier molecular flexibility index (Phi) is 3.63. The van der Waals surface area contributed by atoms with Crippen molar-refractivity contribution in [1.82, 2.24) is 10.3 Å². The van der Waals surface area contributed by atoms with Crippen LogP contribution in [-0.4, -0.2) is 24.2 Å². The highest BCUT2D eigenvalue weighted by atomic mass is 32.1. The average Bonchev–Trinajstić information content (AvgIpc) is 2.91. The van der Waals surface area contributed by atoms with Crippen LogP contribution in [0.2, 0.25) is 0 Å². The summed E-state index contributed by atoms with van der Waals surface area (Å²) in [6.07, 6.45) is 3.41. The van der Waals surface area contributed by atoms with Crippen LogP contribution in [-0.2, 0) is 6.42 Å². The number of aryl methyl sites for hydroxylation is 1. The molecule has 1 unspecified atom stereocenters. The van der Waals surface area contributed by atoms with Crippen LogP contribution in [0.15, 0.2) is 18.2 Å². The molecule has 3 rings (SSSR count). The standard InChI is InChI=1S/C15H18N2O2S/c1-16-10-4-3-5-11-14(10)20-15(17-11)9-6-7-12(18)13(8-9)19-2/h6-8,10,16,18H,3-5H2,1-2H3. The lowest BCUT2D eigenvalue weighted by atomic mass is 9.98. The molecule has 0 amide bonds. The number of thiazole rings is 1. The Morgan fingerprint density at radius 3 is 3.05 bits per heavy atom. The van der Waals surface area contributed by atoms with Gasteiger partial charge in [0.25, 0.3) is 0 Å². The highest BCUT2D eigenvalue weighted by molar-refractivity contribution is 7.15. The van der Waals surface area contributed by atoms with E-state index in [4.69, 9.17) is 9.72 Å². The lowest BCUT2D eigenvalue weighted by Gasteiger charge is -2.19. The smallest absolute Gasteiger partial charge is 0.161 e. The summed E-state index contributed by atoms with van der Waals surface area (Å²) >= 11 is 1.74. The summed E-state index contributed by atoms with van der Waals surface area (Å²) in [5, 5.41) is 14.0.